The summed E-state index contributed by atoms with van der Waals surface area (Å²) in [6.07, 6.45) is 3.77. The zero-order valence-corrected chi connectivity index (χ0v) is 17.0. The molecular formula is C20H25ClFN5O2. The Morgan fingerprint density at radius 1 is 1.28 bits per heavy atom. The van der Waals surface area contributed by atoms with E-state index in [4.69, 9.17) is 16.3 Å². The van der Waals surface area contributed by atoms with Crippen LogP contribution in [0.3, 0.4) is 0 Å². The number of hydrogen-bond acceptors (Lipinski definition) is 5. The Balaban J connectivity index is 1.36. The number of carbonyl (C=O) groups is 1. The summed E-state index contributed by atoms with van der Waals surface area (Å²) in [5, 5.41) is 8.43. The van der Waals surface area contributed by atoms with Gasteiger partial charge >= 0.3 is 0 Å². The molecule has 1 aromatic carbocycles. The molecule has 1 atom stereocenters. The van der Waals surface area contributed by atoms with Crippen molar-refractivity contribution in [2.24, 2.45) is 5.92 Å². The maximum atomic E-state index is 13.2. The van der Waals surface area contributed by atoms with Gasteiger partial charge in [-0.3, -0.25) is 9.69 Å². The summed E-state index contributed by atoms with van der Waals surface area (Å²) in [7, 11) is 0. The number of nitrogens with zero attached hydrogens (tertiary/aromatic N) is 5. The summed E-state index contributed by atoms with van der Waals surface area (Å²) in [6, 6.07) is 4.23. The van der Waals surface area contributed by atoms with Crippen LogP contribution in [0.5, 0.6) is 0 Å². The van der Waals surface area contributed by atoms with Crippen molar-refractivity contribution in [3.8, 4) is 0 Å². The molecule has 0 radical (unpaired) electrons. The second-order valence-electron chi connectivity index (χ2n) is 7.71. The lowest BCUT2D eigenvalue weighted by atomic mass is 9.97. The summed E-state index contributed by atoms with van der Waals surface area (Å²) in [5.41, 5.74) is 1.05. The fraction of sp³-hybridized carbons (Fsp3) is 0.550. The van der Waals surface area contributed by atoms with E-state index in [0.29, 0.717) is 23.2 Å². The Kier molecular flexibility index (Phi) is 6.42. The molecule has 0 spiro atoms. The van der Waals surface area contributed by atoms with Crippen molar-refractivity contribution < 1.29 is 13.9 Å². The third-order valence-corrected chi connectivity index (χ3v) is 5.88. The summed E-state index contributed by atoms with van der Waals surface area (Å²) in [4.78, 5) is 17.2. The number of morpholine rings is 1. The van der Waals surface area contributed by atoms with Crippen molar-refractivity contribution in [3.05, 3.63) is 46.5 Å². The van der Waals surface area contributed by atoms with Gasteiger partial charge in [-0.1, -0.05) is 22.9 Å². The molecule has 0 bridgehead atoms. The van der Waals surface area contributed by atoms with Crippen LogP contribution in [0, 0.1) is 11.7 Å². The quantitative estimate of drug-likeness (QED) is 0.741. The van der Waals surface area contributed by atoms with Gasteiger partial charge in [0.1, 0.15) is 5.82 Å². The average molecular weight is 422 g/mol. The first-order valence-electron chi connectivity index (χ1n) is 10.0. The van der Waals surface area contributed by atoms with Gasteiger partial charge in [0.15, 0.2) is 5.69 Å². The molecule has 1 amide bonds. The van der Waals surface area contributed by atoms with Crippen molar-refractivity contribution in [2.45, 2.75) is 19.4 Å². The fourth-order valence-electron chi connectivity index (χ4n) is 4.01. The highest BCUT2D eigenvalue weighted by Crippen LogP contribution is 2.21. The van der Waals surface area contributed by atoms with E-state index in [9.17, 15) is 9.18 Å². The van der Waals surface area contributed by atoms with Crippen LogP contribution >= 0.6 is 11.6 Å². The molecule has 0 saturated carbocycles. The molecule has 2 aliphatic rings. The number of aromatic nitrogens is 3. The van der Waals surface area contributed by atoms with E-state index in [1.165, 1.54) is 12.1 Å². The van der Waals surface area contributed by atoms with Gasteiger partial charge in [-0.15, -0.1) is 5.10 Å². The molecule has 1 aromatic heterocycles. The van der Waals surface area contributed by atoms with Crippen LogP contribution in [0.1, 0.15) is 28.9 Å². The van der Waals surface area contributed by atoms with Gasteiger partial charge < -0.3 is 9.64 Å². The predicted molar refractivity (Wildman–Crippen MR) is 106 cm³/mol. The van der Waals surface area contributed by atoms with Crippen LogP contribution in [-0.2, 0) is 11.3 Å². The number of halogens is 2. The minimum atomic E-state index is -0.384. The van der Waals surface area contributed by atoms with Crippen LogP contribution in [0.2, 0.25) is 5.02 Å². The summed E-state index contributed by atoms with van der Waals surface area (Å²) < 4.78 is 20.2. The van der Waals surface area contributed by atoms with Gasteiger partial charge in [0.2, 0.25) is 0 Å². The third-order valence-electron chi connectivity index (χ3n) is 5.53. The first kappa shape index (κ1) is 20.3. The van der Waals surface area contributed by atoms with Crippen molar-refractivity contribution in [3.63, 3.8) is 0 Å². The fourth-order valence-corrected chi connectivity index (χ4v) is 4.23. The Hall–Kier alpha value is -2.03. The normalized spacial score (nSPS) is 20.8. The largest absolute Gasteiger partial charge is 0.379 e. The number of piperidine rings is 1. The lowest BCUT2D eigenvalue weighted by molar-refractivity contribution is 0.0223. The van der Waals surface area contributed by atoms with Gasteiger partial charge in [-0.25, -0.2) is 9.07 Å². The van der Waals surface area contributed by atoms with Gasteiger partial charge in [0.05, 0.1) is 26.0 Å². The van der Waals surface area contributed by atoms with Crippen molar-refractivity contribution in [2.75, 3.05) is 45.9 Å². The lowest BCUT2D eigenvalue weighted by Crippen LogP contribution is -2.46. The number of amides is 1. The summed E-state index contributed by atoms with van der Waals surface area (Å²) in [6.45, 7) is 6.33. The standard InChI is InChI=1S/C20H25ClFN5O2/c21-18-10-17(22)4-3-16(18)13-27-14-19(23-24-27)20(28)26-5-1-2-15(12-26)11-25-6-8-29-9-7-25/h3-4,10,14-15H,1-2,5-9,11-13H2/t15-/m1/s1. The predicted octanol–water partition coefficient (Wildman–Crippen LogP) is 2.30. The highest BCUT2D eigenvalue weighted by Gasteiger charge is 2.27. The van der Waals surface area contributed by atoms with Crippen LogP contribution in [0.25, 0.3) is 0 Å². The molecule has 2 saturated heterocycles. The minimum absolute atomic E-state index is 0.0897. The monoisotopic (exact) mass is 421 g/mol. The van der Waals surface area contributed by atoms with Crippen LogP contribution in [-0.4, -0.2) is 76.6 Å². The first-order chi connectivity index (χ1) is 14.1. The maximum absolute atomic E-state index is 13.2. The molecule has 2 aromatic rings. The van der Waals surface area contributed by atoms with Crippen LogP contribution < -0.4 is 0 Å². The second-order valence-corrected chi connectivity index (χ2v) is 8.12. The first-order valence-corrected chi connectivity index (χ1v) is 10.4. The molecule has 7 nitrogen and oxygen atoms in total. The maximum Gasteiger partial charge on any atom is 0.276 e. The van der Waals surface area contributed by atoms with Gasteiger partial charge in [-0.05, 0) is 36.5 Å². The highest BCUT2D eigenvalue weighted by atomic mass is 35.5. The third kappa shape index (κ3) is 5.12. The Labute approximate surface area is 174 Å². The van der Waals surface area contributed by atoms with E-state index in [1.807, 2.05) is 4.90 Å². The SMILES string of the molecule is O=C(c1cn(Cc2ccc(F)cc2Cl)nn1)N1CCC[C@H](CN2CCOCC2)C1. The number of carbonyl (C=O) groups excluding carboxylic acids is 1. The van der Waals surface area contributed by atoms with Crippen molar-refractivity contribution >= 4 is 17.5 Å². The number of rotatable bonds is 5. The minimum Gasteiger partial charge on any atom is -0.379 e. The Morgan fingerprint density at radius 3 is 2.90 bits per heavy atom. The molecule has 156 valence electrons. The molecule has 4 rings (SSSR count). The zero-order valence-electron chi connectivity index (χ0n) is 16.3. The topological polar surface area (TPSA) is 63.5 Å². The molecule has 0 N–H and O–H groups in total. The van der Waals surface area contributed by atoms with Crippen molar-refractivity contribution in [1.82, 2.24) is 24.8 Å². The van der Waals surface area contributed by atoms with E-state index in [-0.39, 0.29) is 11.7 Å². The number of hydrogen-bond donors (Lipinski definition) is 0. The van der Waals surface area contributed by atoms with Gasteiger partial charge in [0.25, 0.3) is 5.91 Å². The Bertz CT molecular complexity index is 855. The Morgan fingerprint density at radius 2 is 2.10 bits per heavy atom. The lowest BCUT2D eigenvalue weighted by Gasteiger charge is -2.36. The van der Waals surface area contributed by atoms with Crippen molar-refractivity contribution in [1.29, 1.82) is 0 Å². The van der Waals surface area contributed by atoms with E-state index in [0.717, 1.165) is 64.3 Å². The molecule has 29 heavy (non-hydrogen) atoms. The summed E-state index contributed by atoms with van der Waals surface area (Å²) >= 11 is 6.08. The number of benzene rings is 1. The molecular weight excluding hydrogens is 397 g/mol. The second kappa shape index (κ2) is 9.19. The molecule has 0 unspecified atom stereocenters. The average Bonchev–Trinajstić information content (AvgIpc) is 3.19. The zero-order chi connectivity index (χ0) is 20.2. The number of ether oxygens (including phenoxy) is 1. The molecule has 2 aliphatic heterocycles. The molecule has 3 heterocycles. The smallest absolute Gasteiger partial charge is 0.276 e. The van der Waals surface area contributed by atoms with Crippen LogP contribution in [0.4, 0.5) is 4.39 Å². The van der Waals surface area contributed by atoms with E-state index < -0.39 is 0 Å². The van der Waals surface area contributed by atoms with Gasteiger partial charge in [-0.2, -0.15) is 0 Å². The van der Waals surface area contributed by atoms with Gasteiger partial charge in [0, 0.05) is 37.7 Å². The summed E-state index contributed by atoms with van der Waals surface area (Å²) in [5.74, 6) is -0.00284. The van der Waals surface area contributed by atoms with E-state index in [2.05, 4.69) is 15.2 Å². The van der Waals surface area contributed by atoms with E-state index >= 15 is 0 Å². The van der Waals surface area contributed by atoms with E-state index in [1.54, 1.807) is 16.9 Å². The van der Waals surface area contributed by atoms with Crippen LogP contribution in [0.15, 0.2) is 24.4 Å². The molecule has 9 heteroatoms. The highest BCUT2D eigenvalue weighted by molar-refractivity contribution is 6.31. The molecule has 2 fully saturated rings. The molecule has 0 aliphatic carbocycles. The number of likely N-dealkylation sites (tertiary alicyclic amines) is 1.